The highest BCUT2D eigenvalue weighted by Gasteiger charge is 2.45. The number of hydrogen-bond donors (Lipinski definition) is 2. The van der Waals surface area contributed by atoms with Gasteiger partial charge < -0.3 is 19.7 Å². The van der Waals surface area contributed by atoms with Crippen molar-refractivity contribution in [2.75, 3.05) is 31.6 Å². The molecule has 2 N–H and O–H groups in total. The van der Waals surface area contributed by atoms with Crippen molar-refractivity contribution < 1.29 is 32.3 Å². The molecule has 2 aliphatic heterocycles. The van der Waals surface area contributed by atoms with Gasteiger partial charge in [0, 0.05) is 6.54 Å². The number of aromatic nitrogens is 1. The summed E-state index contributed by atoms with van der Waals surface area (Å²) < 4.78 is 47.1. The van der Waals surface area contributed by atoms with Crippen LogP contribution in [0.25, 0.3) is 0 Å². The quantitative estimate of drug-likeness (QED) is 0.0843. The molecule has 1 aromatic heterocycles. The number of nitrogens with one attached hydrogen (secondary N) is 1. The normalized spacial score (nSPS) is 15.7. The van der Waals surface area contributed by atoms with Crippen LogP contribution < -0.4 is 10.2 Å². The van der Waals surface area contributed by atoms with Gasteiger partial charge in [0.1, 0.15) is 5.76 Å². The molecule has 1 atom stereocenters. The van der Waals surface area contributed by atoms with E-state index in [-0.39, 0.29) is 24.0 Å². The van der Waals surface area contributed by atoms with Crippen LogP contribution in [0, 0.1) is 11.3 Å². The number of anilines is 1. The predicted molar refractivity (Wildman–Crippen MR) is 225 cm³/mol. The second kappa shape index (κ2) is 19.0. The Kier molecular flexibility index (Phi) is 13.4. The van der Waals surface area contributed by atoms with Crippen LogP contribution in [0.15, 0.2) is 131 Å². The van der Waals surface area contributed by atoms with Crippen molar-refractivity contribution in [1.82, 2.24) is 20.1 Å². The van der Waals surface area contributed by atoms with Crippen LogP contribution >= 0.6 is 0 Å². The van der Waals surface area contributed by atoms with E-state index in [9.17, 15) is 33.1 Å². The Bertz CT molecular complexity index is 2320. The van der Waals surface area contributed by atoms with Crippen molar-refractivity contribution in [3.05, 3.63) is 166 Å². The number of nitriles is 1. The summed E-state index contributed by atoms with van der Waals surface area (Å²) in [4.78, 5) is 37.1. The molecule has 0 bridgehead atoms. The fourth-order valence-electron chi connectivity index (χ4n) is 8.18. The molecule has 2 aliphatic rings. The van der Waals surface area contributed by atoms with E-state index in [0.29, 0.717) is 52.4 Å². The van der Waals surface area contributed by atoms with Crippen molar-refractivity contribution in [3.63, 3.8) is 0 Å². The molecule has 7 rings (SSSR count). The van der Waals surface area contributed by atoms with Crippen LogP contribution in [0.4, 0.5) is 23.7 Å². The van der Waals surface area contributed by atoms with Crippen LogP contribution in [0.3, 0.4) is 0 Å². The Labute approximate surface area is 353 Å². The number of halogens is 3. The minimum Gasteiger partial charge on any atom is -0.441 e. The lowest BCUT2D eigenvalue weighted by Crippen LogP contribution is -2.47. The molecule has 13 heteroatoms. The number of hydrogen-bond acceptors (Lipinski definition) is 7. The first-order valence-corrected chi connectivity index (χ1v) is 20.7. The maximum atomic E-state index is 14.0. The molecule has 0 unspecified atom stereocenters. The SMILES string of the molecule is CN(CCCCCCCCCCN1CC2=C(C1=O)[C@@H](c1ccc(C#N)cc1)NC(=O)N2c1cccc(C(F)(F)F)c1)Cc1cnc(C(O)(c2ccccc2)c2ccccc2)o1. The highest BCUT2D eigenvalue weighted by molar-refractivity contribution is 6.07. The molecule has 0 saturated carbocycles. The summed E-state index contributed by atoms with van der Waals surface area (Å²) in [6.07, 6.45) is 5.13. The number of oxazole rings is 1. The second-order valence-electron chi connectivity index (χ2n) is 15.7. The van der Waals surface area contributed by atoms with Gasteiger partial charge in [0.15, 0.2) is 5.60 Å². The maximum Gasteiger partial charge on any atom is 0.416 e. The van der Waals surface area contributed by atoms with Crippen LogP contribution in [0.5, 0.6) is 0 Å². The van der Waals surface area contributed by atoms with Gasteiger partial charge in [-0.05, 0) is 73.5 Å². The summed E-state index contributed by atoms with van der Waals surface area (Å²) in [6.45, 7) is 2.00. The summed E-state index contributed by atoms with van der Waals surface area (Å²) in [5.41, 5.74) is 0.680. The van der Waals surface area contributed by atoms with E-state index >= 15 is 0 Å². The van der Waals surface area contributed by atoms with Gasteiger partial charge in [0.05, 0.1) is 59.5 Å². The number of benzene rings is 4. The van der Waals surface area contributed by atoms with Crippen LogP contribution in [0.2, 0.25) is 0 Å². The van der Waals surface area contributed by atoms with E-state index in [0.717, 1.165) is 70.0 Å². The van der Waals surface area contributed by atoms with Gasteiger partial charge in [-0.25, -0.2) is 9.78 Å². The lowest BCUT2D eigenvalue weighted by molar-refractivity contribution is -0.137. The average Bonchev–Trinajstić information content (AvgIpc) is 3.88. The smallest absolute Gasteiger partial charge is 0.416 e. The first kappa shape index (κ1) is 42.9. The van der Waals surface area contributed by atoms with Crippen LogP contribution in [-0.2, 0) is 23.1 Å². The molecule has 0 spiro atoms. The van der Waals surface area contributed by atoms with Gasteiger partial charge in [-0.1, -0.05) is 117 Å². The van der Waals surface area contributed by atoms with Crippen LogP contribution in [0.1, 0.15) is 96.9 Å². The first-order chi connectivity index (χ1) is 29.5. The maximum absolute atomic E-state index is 14.0. The summed E-state index contributed by atoms with van der Waals surface area (Å²) in [7, 11) is 2.05. The third kappa shape index (κ3) is 9.72. The number of carbonyl (C=O) groups excluding carboxylic acids is 2. The van der Waals surface area contributed by atoms with Crippen molar-refractivity contribution in [1.29, 1.82) is 5.26 Å². The standard InChI is InChI=1S/C48H49F3N6O4/c1-55(32-40-31-53-45(61-40)47(60,36-17-10-8-11-18-36)37-19-12-9-13-20-37)27-14-6-4-2-3-5-7-15-28-56-33-41-42(44(56)58)43(35-25-23-34(30-52)24-26-35)54-46(59)57(41)39-22-16-21-38(29-39)48(49,50)51/h8-13,16-26,29,31,43,60H,2-7,14-15,27-28,32-33H2,1H3,(H,54,59)/t43-/m1/s1. The van der Waals surface area contributed by atoms with Crippen LogP contribution in [-0.4, -0.2) is 58.5 Å². The highest BCUT2D eigenvalue weighted by atomic mass is 19.4. The zero-order chi connectivity index (χ0) is 43.0. The number of carbonyl (C=O) groups is 2. The zero-order valence-electron chi connectivity index (χ0n) is 34.1. The lowest BCUT2D eigenvalue weighted by Gasteiger charge is -2.33. The third-order valence-electron chi connectivity index (χ3n) is 11.4. The minimum atomic E-state index is -4.60. The molecule has 0 saturated heterocycles. The summed E-state index contributed by atoms with van der Waals surface area (Å²) in [6, 6.07) is 30.6. The topological polar surface area (TPSA) is 126 Å². The Balaban J connectivity index is 0.857. The van der Waals surface area contributed by atoms with Crippen molar-refractivity contribution in [2.24, 2.45) is 0 Å². The van der Waals surface area contributed by atoms with Gasteiger partial charge in [-0.15, -0.1) is 0 Å². The Morgan fingerprint density at radius 3 is 2.07 bits per heavy atom. The monoisotopic (exact) mass is 830 g/mol. The molecule has 0 aliphatic carbocycles. The number of rotatable bonds is 18. The molecule has 316 valence electrons. The predicted octanol–water partition coefficient (Wildman–Crippen LogP) is 9.47. The minimum absolute atomic E-state index is 0.0279. The summed E-state index contributed by atoms with van der Waals surface area (Å²) in [5, 5.41) is 24.1. The molecule has 0 fully saturated rings. The highest BCUT2D eigenvalue weighted by Crippen LogP contribution is 2.41. The molecule has 3 heterocycles. The van der Waals surface area contributed by atoms with E-state index < -0.39 is 29.4 Å². The number of amides is 3. The van der Waals surface area contributed by atoms with E-state index in [1.165, 1.54) is 17.0 Å². The first-order valence-electron chi connectivity index (χ1n) is 20.7. The Morgan fingerprint density at radius 1 is 0.836 bits per heavy atom. The number of urea groups is 1. The number of aliphatic hydroxyl groups is 1. The summed E-state index contributed by atoms with van der Waals surface area (Å²) in [5.74, 6) is 0.647. The van der Waals surface area contributed by atoms with E-state index in [1.807, 2.05) is 67.7 Å². The van der Waals surface area contributed by atoms with E-state index in [2.05, 4.69) is 21.3 Å². The fourth-order valence-corrected chi connectivity index (χ4v) is 8.18. The van der Waals surface area contributed by atoms with E-state index in [4.69, 9.17) is 4.42 Å². The molecular formula is C48H49F3N6O4. The fraction of sp³-hybridized carbons (Fsp3) is 0.333. The van der Waals surface area contributed by atoms with Gasteiger partial charge in [0.25, 0.3) is 5.91 Å². The van der Waals surface area contributed by atoms with Gasteiger partial charge in [-0.2, -0.15) is 18.4 Å². The second-order valence-corrected chi connectivity index (χ2v) is 15.7. The molecule has 5 aromatic rings. The summed E-state index contributed by atoms with van der Waals surface area (Å²) >= 11 is 0. The molecule has 10 nitrogen and oxygen atoms in total. The van der Waals surface area contributed by atoms with Gasteiger partial charge in [0.2, 0.25) is 5.89 Å². The van der Waals surface area contributed by atoms with Gasteiger partial charge >= 0.3 is 12.2 Å². The molecule has 3 amide bonds. The van der Waals surface area contributed by atoms with Crippen molar-refractivity contribution >= 4 is 17.6 Å². The largest absolute Gasteiger partial charge is 0.441 e. The average molecular weight is 831 g/mol. The van der Waals surface area contributed by atoms with E-state index in [1.54, 1.807) is 35.4 Å². The number of nitrogens with zero attached hydrogens (tertiary/aromatic N) is 5. The molecule has 4 aromatic carbocycles. The molecule has 61 heavy (non-hydrogen) atoms. The molecule has 0 radical (unpaired) electrons. The lowest BCUT2D eigenvalue weighted by atomic mass is 9.86. The number of alkyl halides is 3. The Morgan fingerprint density at radius 2 is 1.44 bits per heavy atom. The van der Waals surface area contributed by atoms with Gasteiger partial charge in [-0.3, -0.25) is 14.6 Å². The van der Waals surface area contributed by atoms with Crippen molar-refractivity contribution in [3.8, 4) is 6.07 Å². The molecular weight excluding hydrogens is 782 g/mol. The third-order valence-corrected chi connectivity index (χ3v) is 11.4. The van der Waals surface area contributed by atoms with Crippen molar-refractivity contribution in [2.45, 2.75) is 75.7 Å². The number of unbranched alkanes of at least 4 members (excludes halogenated alkanes) is 7. The zero-order valence-corrected chi connectivity index (χ0v) is 34.1. The Hall–Kier alpha value is -6.23.